The van der Waals surface area contributed by atoms with Crippen molar-refractivity contribution in [1.29, 1.82) is 0 Å². The minimum absolute atomic E-state index is 0.0147. The number of hydrogen-bond acceptors (Lipinski definition) is 3. The van der Waals surface area contributed by atoms with Gasteiger partial charge >= 0.3 is 0 Å². The maximum Gasteiger partial charge on any atom is 0.219 e. The summed E-state index contributed by atoms with van der Waals surface area (Å²) in [6.45, 7) is 6.28. The van der Waals surface area contributed by atoms with Gasteiger partial charge < -0.3 is 15.5 Å². The zero-order valence-corrected chi connectivity index (χ0v) is 9.88. The summed E-state index contributed by atoms with van der Waals surface area (Å²) < 4.78 is 0. The van der Waals surface area contributed by atoms with E-state index in [4.69, 9.17) is 0 Å². The Morgan fingerprint density at radius 1 is 1.44 bits per heavy atom. The molecular formula is C11H19N3O2. The molecule has 0 aliphatic carbocycles. The predicted octanol–water partition coefficient (Wildman–Crippen LogP) is -0.667. The van der Waals surface area contributed by atoms with Gasteiger partial charge in [0.05, 0.1) is 5.54 Å². The third-order valence-electron chi connectivity index (χ3n) is 3.68. The third-order valence-corrected chi connectivity index (χ3v) is 3.68. The molecule has 2 rings (SSSR count). The number of likely N-dealkylation sites (tertiary alicyclic amines) is 1. The number of nitrogens with zero attached hydrogens (tertiary/aromatic N) is 1. The van der Waals surface area contributed by atoms with Gasteiger partial charge in [-0.25, -0.2) is 0 Å². The number of fused-ring (bicyclic) bond motifs is 1. The van der Waals surface area contributed by atoms with Gasteiger partial charge in [0.2, 0.25) is 11.8 Å². The smallest absolute Gasteiger partial charge is 0.219 e. The molecule has 0 aromatic carbocycles. The lowest BCUT2D eigenvalue weighted by Crippen LogP contribution is -2.62. The number of carbonyl (C=O) groups is 2. The van der Waals surface area contributed by atoms with Crippen LogP contribution in [0, 0.1) is 5.92 Å². The molecule has 0 aromatic rings. The highest BCUT2D eigenvalue weighted by atomic mass is 16.2. The number of rotatable bonds is 1. The highest BCUT2D eigenvalue weighted by Gasteiger charge is 2.49. The molecule has 0 spiro atoms. The van der Waals surface area contributed by atoms with Gasteiger partial charge in [-0.1, -0.05) is 0 Å². The van der Waals surface area contributed by atoms with Gasteiger partial charge in [-0.2, -0.15) is 0 Å². The Kier molecular flexibility index (Phi) is 2.88. The normalized spacial score (nSPS) is 33.4. The molecule has 16 heavy (non-hydrogen) atoms. The Balaban J connectivity index is 2.17. The van der Waals surface area contributed by atoms with Crippen LogP contribution in [0.15, 0.2) is 0 Å². The average Bonchev–Trinajstić information content (AvgIpc) is 2.55. The van der Waals surface area contributed by atoms with Crippen molar-refractivity contribution in [3.8, 4) is 0 Å². The van der Waals surface area contributed by atoms with Gasteiger partial charge in [-0.05, 0) is 13.0 Å². The van der Waals surface area contributed by atoms with Gasteiger partial charge in [-0.3, -0.25) is 9.59 Å². The summed E-state index contributed by atoms with van der Waals surface area (Å²) in [5.74, 6) is 0.472. The minimum atomic E-state index is -0.240. The maximum absolute atomic E-state index is 11.4. The van der Waals surface area contributed by atoms with Gasteiger partial charge in [-0.15, -0.1) is 0 Å². The zero-order valence-electron chi connectivity index (χ0n) is 9.88. The Bertz CT molecular complexity index is 318. The van der Waals surface area contributed by atoms with E-state index in [1.807, 2.05) is 4.90 Å². The lowest BCUT2D eigenvalue weighted by molar-refractivity contribution is -0.128. The summed E-state index contributed by atoms with van der Waals surface area (Å²) in [5, 5.41) is 6.36. The Hall–Kier alpha value is -1.10. The second-order valence-electron chi connectivity index (χ2n) is 4.90. The van der Waals surface area contributed by atoms with Crippen LogP contribution >= 0.6 is 0 Å². The molecule has 2 aliphatic rings. The fourth-order valence-electron chi connectivity index (χ4n) is 2.91. The molecule has 0 aromatic heterocycles. The van der Waals surface area contributed by atoms with Gasteiger partial charge in [0.25, 0.3) is 0 Å². The summed E-state index contributed by atoms with van der Waals surface area (Å²) in [5.41, 5.74) is -0.240. The molecule has 0 unspecified atom stereocenters. The van der Waals surface area contributed by atoms with Crippen molar-refractivity contribution < 1.29 is 9.59 Å². The predicted molar refractivity (Wildman–Crippen MR) is 59.8 cm³/mol. The molecular weight excluding hydrogens is 206 g/mol. The van der Waals surface area contributed by atoms with Crippen LogP contribution in [0.5, 0.6) is 0 Å². The number of carbonyl (C=O) groups excluding carboxylic acids is 2. The molecule has 2 amide bonds. The lowest BCUT2D eigenvalue weighted by atomic mass is 9.82. The van der Waals surface area contributed by atoms with Crippen LogP contribution in [-0.4, -0.2) is 48.4 Å². The number of amides is 2. The van der Waals surface area contributed by atoms with Gasteiger partial charge in [0.1, 0.15) is 0 Å². The maximum atomic E-state index is 11.4. The Labute approximate surface area is 95.6 Å². The molecule has 0 bridgehead atoms. The average molecular weight is 225 g/mol. The third kappa shape index (κ3) is 1.91. The first kappa shape index (κ1) is 11.4. The first-order chi connectivity index (χ1) is 7.53. The van der Waals surface area contributed by atoms with E-state index in [9.17, 15) is 9.59 Å². The van der Waals surface area contributed by atoms with Crippen LogP contribution in [0.1, 0.15) is 20.3 Å². The van der Waals surface area contributed by atoms with Crippen molar-refractivity contribution in [1.82, 2.24) is 15.5 Å². The SMILES string of the molecule is CC(=O)N[C@]12CNCC[C@H]1CN(C(C)=O)C2. The van der Waals surface area contributed by atoms with Crippen molar-refractivity contribution in [3.63, 3.8) is 0 Å². The van der Waals surface area contributed by atoms with Crippen LogP contribution in [-0.2, 0) is 9.59 Å². The van der Waals surface area contributed by atoms with Crippen LogP contribution in [0.3, 0.4) is 0 Å². The molecule has 0 radical (unpaired) electrons. The molecule has 2 aliphatic heterocycles. The molecule has 2 fully saturated rings. The van der Waals surface area contributed by atoms with Crippen LogP contribution in [0.4, 0.5) is 0 Å². The zero-order chi connectivity index (χ0) is 11.8. The van der Waals surface area contributed by atoms with Crippen molar-refractivity contribution in [2.24, 2.45) is 5.92 Å². The Morgan fingerprint density at radius 2 is 2.19 bits per heavy atom. The quantitative estimate of drug-likeness (QED) is 0.622. The number of hydrogen-bond donors (Lipinski definition) is 2. The van der Waals surface area contributed by atoms with Crippen LogP contribution < -0.4 is 10.6 Å². The Morgan fingerprint density at radius 3 is 2.81 bits per heavy atom. The molecule has 2 N–H and O–H groups in total. The summed E-state index contributed by atoms with van der Waals surface area (Å²) in [4.78, 5) is 24.5. The molecule has 2 saturated heterocycles. The summed E-state index contributed by atoms with van der Waals surface area (Å²) in [7, 11) is 0. The largest absolute Gasteiger partial charge is 0.347 e. The minimum Gasteiger partial charge on any atom is -0.347 e. The van der Waals surface area contributed by atoms with E-state index >= 15 is 0 Å². The van der Waals surface area contributed by atoms with Crippen molar-refractivity contribution in [2.45, 2.75) is 25.8 Å². The topological polar surface area (TPSA) is 61.4 Å². The molecule has 90 valence electrons. The number of piperidine rings is 1. The summed E-state index contributed by atoms with van der Waals surface area (Å²) >= 11 is 0. The molecule has 0 saturated carbocycles. The fourth-order valence-corrected chi connectivity index (χ4v) is 2.91. The van der Waals surface area contributed by atoms with Crippen molar-refractivity contribution in [3.05, 3.63) is 0 Å². The van der Waals surface area contributed by atoms with E-state index in [2.05, 4.69) is 10.6 Å². The first-order valence-corrected chi connectivity index (χ1v) is 5.78. The van der Waals surface area contributed by atoms with E-state index in [0.717, 1.165) is 26.1 Å². The second kappa shape index (κ2) is 4.05. The summed E-state index contributed by atoms with van der Waals surface area (Å²) in [6, 6.07) is 0. The van der Waals surface area contributed by atoms with E-state index in [0.29, 0.717) is 12.5 Å². The number of nitrogens with one attached hydrogen (secondary N) is 2. The van der Waals surface area contributed by atoms with Gasteiger partial charge in [0, 0.05) is 39.4 Å². The summed E-state index contributed by atoms with van der Waals surface area (Å²) in [6.07, 6.45) is 1.02. The molecule has 2 atom stereocenters. The van der Waals surface area contributed by atoms with E-state index in [1.165, 1.54) is 6.92 Å². The molecule has 5 nitrogen and oxygen atoms in total. The highest BCUT2D eigenvalue weighted by molar-refractivity contribution is 5.76. The second-order valence-corrected chi connectivity index (χ2v) is 4.90. The fraction of sp³-hybridized carbons (Fsp3) is 0.818. The van der Waals surface area contributed by atoms with Gasteiger partial charge in [0.15, 0.2) is 0 Å². The van der Waals surface area contributed by atoms with E-state index in [1.54, 1.807) is 6.92 Å². The molecule has 2 heterocycles. The first-order valence-electron chi connectivity index (χ1n) is 5.78. The standard InChI is InChI=1S/C11H19N3O2/c1-8(15)13-11-6-12-4-3-10(11)5-14(7-11)9(2)16/h10,12H,3-7H2,1-2H3,(H,13,15)/t10-,11-/m0/s1. The highest BCUT2D eigenvalue weighted by Crippen LogP contribution is 2.32. The van der Waals surface area contributed by atoms with Crippen LogP contribution in [0.25, 0.3) is 0 Å². The van der Waals surface area contributed by atoms with E-state index in [-0.39, 0.29) is 17.4 Å². The molecule has 5 heteroatoms. The van der Waals surface area contributed by atoms with E-state index < -0.39 is 0 Å². The lowest BCUT2D eigenvalue weighted by Gasteiger charge is -2.39. The van der Waals surface area contributed by atoms with Crippen molar-refractivity contribution >= 4 is 11.8 Å². The monoisotopic (exact) mass is 225 g/mol. The van der Waals surface area contributed by atoms with Crippen LogP contribution in [0.2, 0.25) is 0 Å². The van der Waals surface area contributed by atoms with Crippen molar-refractivity contribution in [2.75, 3.05) is 26.2 Å².